The number of halogens is 1. The Labute approximate surface area is 145 Å². The lowest BCUT2D eigenvalue weighted by Gasteiger charge is -2.42. The second kappa shape index (κ2) is 6.93. The van der Waals surface area contributed by atoms with Crippen LogP contribution < -0.4 is 0 Å². The first-order valence-electron chi connectivity index (χ1n) is 8.15. The van der Waals surface area contributed by atoms with E-state index in [0.717, 1.165) is 5.56 Å². The van der Waals surface area contributed by atoms with Gasteiger partial charge in [0.1, 0.15) is 11.5 Å². The van der Waals surface area contributed by atoms with Crippen LogP contribution in [-0.4, -0.2) is 59.5 Å². The molecule has 1 aromatic heterocycles. The smallest absolute Gasteiger partial charge is 0.272 e. The molecule has 1 aliphatic rings. The summed E-state index contributed by atoms with van der Waals surface area (Å²) in [6, 6.07) is 7.68. The number of morpholine rings is 1. The van der Waals surface area contributed by atoms with Crippen molar-refractivity contribution in [3.05, 3.63) is 41.8 Å². The number of rotatable bonds is 4. The first-order valence-corrected chi connectivity index (χ1v) is 8.15. The van der Waals surface area contributed by atoms with Gasteiger partial charge in [0, 0.05) is 25.8 Å². The third kappa shape index (κ3) is 4.05. The lowest BCUT2D eigenvalue weighted by Crippen LogP contribution is -2.55. The Morgan fingerprint density at radius 2 is 2.16 bits per heavy atom. The number of ether oxygens (including phenoxy) is 2. The van der Waals surface area contributed by atoms with Crippen molar-refractivity contribution in [3.8, 4) is 11.3 Å². The van der Waals surface area contributed by atoms with E-state index in [1.807, 2.05) is 13.8 Å². The van der Waals surface area contributed by atoms with Crippen LogP contribution in [0.25, 0.3) is 11.3 Å². The van der Waals surface area contributed by atoms with Gasteiger partial charge < -0.3 is 14.4 Å². The van der Waals surface area contributed by atoms with Crippen LogP contribution in [0.5, 0.6) is 0 Å². The van der Waals surface area contributed by atoms with Gasteiger partial charge in [-0.3, -0.25) is 9.89 Å². The minimum absolute atomic E-state index is 0.140. The summed E-state index contributed by atoms with van der Waals surface area (Å²) in [5.41, 5.74) is 1.30. The van der Waals surface area contributed by atoms with Crippen molar-refractivity contribution in [2.24, 2.45) is 0 Å². The van der Waals surface area contributed by atoms with Gasteiger partial charge in [0.2, 0.25) is 0 Å². The molecule has 0 unspecified atom stereocenters. The van der Waals surface area contributed by atoms with E-state index in [1.54, 1.807) is 30.2 Å². The molecule has 0 aliphatic carbocycles. The summed E-state index contributed by atoms with van der Waals surface area (Å²) < 4.78 is 24.1. The summed E-state index contributed by atoms with van der Waals surface area (Å²) in [4.78, 5) is 14.6. The molecular formula is C18H22FN3O3. The number of carbonyl (C=O) groups excluding carboxylic acids is 1. The number of amides is 1. The average molecular weight is 347 g/mol. The lowest BCUT2D eigenvalue weighted by molar-refractivity contribution is -0.143. The fourth-order valence-corrected chi connectivity index (χ4v) is 3.09. The van der Waals surface area contributed by atoms with E-state index in [-0.39, 0.29) is 17.8 Å². The monoisotopic (exact) mass is 347 g/mol. The molecule has 0 radical (unpaired) electrons. The van der Waals surface area contributed by atoms with Crippen molar-refractivity contribution in [1.82, 2.24) is 15.1 Å². The Hall–Kier alpha value is -2.25. The minimum atomic E-state index is -0.448. The molecule has 1 N–H and O–H groups in total. The molecule has 3 rings (SSSR count). The van der Waals surface area contributed by atoms with Crippen LogP contribution in [-0.2, 0) is 9.47 Å². The maximum Gasteiger partial charge on any atom is 0.272 e. The Balaban J connectivity index is 1.77. The highest BCUT2D eigenvalue weighted by molar-refractivity contribution is 5.93. The van der Waals surface area contributed by atoms with E-state index in [1.165, 1.54) is 12.1 Å². The zero-order chi connectivity index (χ0) is 18.0. The summed E-state index contributed by atoms with van der Waals surface area (Å²) in [6.45, 7) is 5.27. The topological polar surface area (TPSA) is 67.5 Å². The van der Waals surface area contributed by atoms with Gasteiger partial charge in [-0.15, -0.1) is 0 Å². The van der Waals surface area contributed by atoms with E-state index in [0.29, 0.717) is 31.1 Å². The van der Waals surface area contributed by atoms with Gasteiger partial charge in [-0.25, -0.2) is 4.39 Å². The second-order valence-electron chi connectivity index (χ2n) is 6.81. The van der Waals surface area contributed by atoms with Gasteiger partial charge in [0.25, 0.3) is 5.91 Å². The van der Waals surface area contributed by atoms with Crippen LogP contribution in [0.15, 0.2) is 30.3 Å². The molecule has 2 heterocycles. The van der Waals surface area contributed by atoms with E-state index in [2.05, 4.69) is 10.2 Å². The number of aromatic amines is 1. The molecule has 1 fully saturated rings. The number of benzene rings is 1. The van der Waals surface area contributed by atoms with Crippen molar-refractivity contribution < 1.29 is 18.7 Å². The largest absolute Gasteiger partial charge is 0.382 e. The van der Waals surface area contributed by atoms with Gasteiger partial charge >= 0.3 is 0 Å². The predicted molar refractivity (Wildman–Crippen MR) is 90.7 cm³/mol. The van der Waals surface area contributed by atoms with Crippen LogP contribution >= 0.6 is 0 Å². The molecule has 7 heteroatoms. The van der Waals surface area contributed by atoms with Gasteiger partial charge in [-0.2, -0.15) is 5.10 Å². The molecule has 6 nitrogen and oxygen atoms in total. The predicted octanol–water partition coefficient (Wildman–Crippen LogP) is 2.48. The summed E-state index contributed by atoms with van der Waals surface area (Å²) >= 11 is 0. The second-order valence-corrected chi connectivity index (χ2v) is 6.81. The highest BCUT2D eigenvalue weighted by Crippen LogP contribution is 2.24. The summed E-state index contributed by atoms with van der Waals surface area (Å²) in [5.74, 6) is -0.450. The maximum atomic E-state index is 13.0. The molecule has 1 saturated heterocycles. The lowest BCUT2D eigenvalue weighted by atomic mass is 10.0. The van der Waals surface area contributed by atoms with Crippen LogP contribution in [0, 0.1) is 5.82 Å². The van der Waals surface area contributed by atoms with Gasteiger partial charge in [0.05, 0.1) is 24.0 Å². The molecule has 2 aromatic rings. The van der Waals surface area contributed by atoms with E-state index < -0.39 is 5.60 Å². The molecule has 0 spiro atoms. The van der Waals surface area contributed by atoms with Crippen LogP contribution in [0.1, 0.15) is 24.3 Å². The fourth-order valence-electron chi connectivity index (χ4n) is 3.09. The van der Waals surface area contributed by atoms with Crippen molar-refractivity contribution in [1.29, 1.82) is 0 Å². The molecule has 1 atom stereocenters. The van der Waals surface area contributed by atoms with Crippen molar-refractivity contribution >= 4 is 5.91 Å². The van der Waals surface area contributed by atoms with Crippen molar-refractivity contribution in [2.45, 2.75) is 25.6 Å². The zero-order valence-corrected chi connectivity index (χ0v) is 14.6. The quantitative estimate of drug-likeness (QED) is 0.923. The van der Waals surface area contributed by atoms with E-state index >= 15 is 0 Å². The molecule has 25 heavy (non-hydrogen) atoms. The Morgan fingerprint density at radius 1 is 1.44 bits per heavy atom. The minimum Gasteiger partial charge on any atom is -0.382 e. The molecule has 1 aromatic carbocycles. The Bertz CT molecular complexity index is 742. The number of nitrogens with one attached hydrogen (secondary N) is 1. The van der Waals surface area contributed by atoms with Gasteiger partial charge in [-0.05, 0) is 44.2 Å². The molecule has 134 valence electrons. The Kier molecular flexibility index (Phi) is 4.87. The normalized spacial score (nSPS) is 19.8. The van der Waals surface area contributed by atoms with Crippen molar-refractivity contribution in [2.75, 3.05) is 26.8 Å². The van der Waals surface area contributed by atoms with Crippen LogP contribution in [0.2, 0.25) is 0 Å². The summed E-state index contributed by atoms with van der Waals surface area (Å²) in [6.07, 6.45) is -0.169. The third-order valence-electron chi connectivity index (χ3n) is 4.07. The number of hydrogen-bond acceptors (Lipinski definition) is 4. The molecule has 1 amide bonds. The average Bonchev–Trinajstić information content (AvgIpc) is 3.03. The molecule has 0 bridgehead atoms. The summed E-state index contributed by atoms with van der Waals surface area (Å²) in [5, 5.41) is 6.96. The number of H-pyrrole nitrogens is 1. The molecular weight excluding hydrogens is 325 g/mol. The SMILES string of the molecule is COC[C@H]1CN(C(=O)c2cc(-c3ccc(F)cc3)n[nH]2)CC(C)(C)O1. The maximum absolute atomic E-state index is 13.0. The van der Waals surface area contributed by atoms with Crippen LogP contribution in [0.4, 0.5) is 4.39 Å². The third-order valence-corrected chi connectivity index (χ3v) is 4.07. The first-order chi connectivity index (χ1) is 11.9. The van der Waals surface area contributed by atoms with Crippen LogP contribution in [0.3, 0.4) is 0 Å². The number of methoxy groups -OCH3 is 1. The number of hydrogen-bond donors (Lipinski definition) is 1. The van der Waals surface area contributed by atoms with Gasteiger partial charge in [0.15, 0.2) is 0 Å². The first kappa shape index (κ1) is 17.6. The zero-order valence-electron chi connectivity index (χ0n) is 14.6. The van der Waals surface area contributed by atoms with Gasteiger partial charge in [-0.1, -0.05) is 0 Å². The highest BCUT2D eigenvalue weighted by atomic mass is 19.1. The number of carbonyl (C=O) groups is 1. The molecule has 1 aliphatic heterocycles. The molecule has 0 saturated carbocycles. The fraction of sp³-hybridized carbons (Fsp3) is 0.444. The van der Waals surface area contributed by atoms with Crippen molar-refractivity contribution in [3.63, 3.8) is 0 Å². The summed E-state index contributed by atoms with van der Waals surface area (Å²) in [7, 11) is 1.61. The Morgan fingerprint density at radius 3 is 2.84 bits per heavy atom. The highest BCUT2D eigenvalue weighted by Gasteiger charge is 2.36. The van der Waals surface area contributed by atoms with E-state index in [4.69, 9.17) is 9.47 Å². The number of nitrogens with zero attached hydrogens (tertiary/aromatic N) is 2. The number of aromatic nitrogens is 2. The standard InChI is InChI=1S/C18H22FN3O3/c1-18(2)11-22(9-14(25-18)10-24-3)17(23)16-8-15(20-21-16)12-4-6-13(19)7-5-12/h4-8,14H,9-11H2,1-3H3,(H,20,21)/t14-/m1/s1. The van der Waals surface area contributed by atoms with E-state index in [9.17, 15) is 9.18 Å².